The molecule has 0 spiro atoms. The van der Waals surface area contributed by atoms with Crippen molar-refractivity contribution in [3.05, 3.63) is 111 Å². The van der Waals surface area contributed by atoms with E-state index in [4.69, 9.17) is 3.79 Å². The third kappa shape index (κ3) is 5.74. The zero-order valence-corrected chi connectivity index (χ0v) is 26.8. The lowest BCUT2D eigenvalue weighted by molar-refractivity contribution is 0.380. The van der Waals surface area contributed by atoms with Crippen LogP contribution in [0.2, 0.25) is 9.56 Å². The lowest BCUT2D eigenvalue weighted by atomic mass is 9.12. The summed E-state index contributed by atoms with van der Waals surface area (Å²) in [7, 11) is 0. The molecule has 262 valence electrons. The van der Waals surface area contributed by atoms with E-state index in [2.05, 4.69) is 0 Å². The highest BCUT2D eigenvalue weighted by molar-refractivity contribution is 7.20. The first-order valence-corrected chi connectivity index (χ1v) is 15.9. The van der Waals surface area contributed by atoms with Crippen molar-refractivity contribution in [2.45, 2.75) is 44.2 Å². The largest absolute Gasteiger partial charge is 0.642 e. The zero-order valence-electron chi connectivity index (χ0n) is 25.6. The third-order valence-electron chi connectivity index (χ3n) is 8.31. The highest BCUT2D eigenvalue weighted by Gasteiger charge is 2.49. The second-order valence-corrected chi connectivity index (χ2v) is 15.7. The Kier molecular flexibility index (Phi) is 10.5. The van der Waals surface area contributed by atoms with Gasteiger partial charge in [-0.1, -0.05) is 39.8 Å². The van der Waals surface area contributed by atoms with Crippen molar-refractivity contribution in [3.63, 3.8) is 0 Å². The second kappa shape index (κ2) is 13.5. The van der Waals surface area contributed by atoms with Crippen molar-refractivity contribution in [2.75, 3.05) is 0 Å². The summed E-state index contributed by atoms with van der Waals surface area (Å²) in [6.45, 7) is 8.23. The maximum atomic E-state index is 15.8. The molecule has 0 aromatic heterocycles. The van der Waals surface area contributed by atoms with Gasteiger partial charge in [-0.15, -0.1) is 16.4 Å². The summed E-state index contributed by atoms with van der Waals surface area (Å²) in [5, 5.41) is 0. The smallest absolute Gasteiger partial charge is 0.552 e. The quantitative estimate of drug-likeness (QED) is 0.0784. The molecular weight excluding hydrogens is 711 g/mol. The molecule has 1 nitrogen and oxygen atoms in total. The Balaban J connectivity index is 2.44. The van der Waals surface area contributed by atoms with Gasteiger partial charge in [0.15, 0.2) is 52.4 Å². The molecule has 0 aliphatic carbocycles. The van der Waals surface area contributed by atoms with Crippen LogP contribution in [-0.2, 0) is 0 Å². The fourth-order valence-electron chi connectivity index (χ4n) is 6.20. The maximum absolute atomic E-state index is 15.8. The molecule has 4 aromatic carbocycles. The van der Waals surface area contributed by atoms with E-state index in [1.54, 1.807) is 27.7 Å². The predicted octanol–water partition coefficient (Wildman–Crippen LogP) is 7.65. The second-order valence-electron chi connectivity index (χ2n) is 11.9. The first-order valence-electron chi connectivity index (χ1n) is 14.1. The Morgan fingerprint density at radius 1 is 0.449 bits per heavy atom. The van der Waals surface area contributed by atoms with Gasteiger partial charge in [-0.2, -0.15) is 5.46 Å². The van der Waals surface area contributed by atoms with Crippen molar-refractivity contribution in [3.8, 4) is 5.75 Å². The van der Waals surface area contributed by atoms with Gasteiger partial charge in [0.25, 0.3) is 0 Å². The van der Waals surface area contributed by atoms with Crippen LogP contribution in [0.3, 0.4) is 0 Å². The zero-order chi connectivity index (χ0) is 37.2. The molecule has 4 aromatic rings. The molecule has 0 aliphatic heterocycles. The van der Waals surface area contributed by atoms with Crippen LogP contribution in [0, 0.1) is 94.2 Å². The van der Waals surface area contributed by atoms with E-state index in [0.717, 1.165) is 13.0 Å². The van der Waals surface area contributed by atoms with Crippen molar-refractivity contribution in [2.24, 2.45) is 0 Å². The maximum Gasteiger partial charge on any atom is 0.552 e. The molecule has 0 saturated carbocycles. The number of hydrogen-bond donors (Lipinski definition) is 0. The first kappa shape index (κ1) is 38.0. The molecule has 49 heavy (non-hydrogen) atoms. The Morgan fingerprint density at radius 3 is 0.959 bits per heavy atom. The lowest BCUT2D eigenvalue weighted by Gasteiger charge is -2.45. The number of benzene rings is 4. The minimum absolute atomic E-state index is 0.0857. The van der Waals surface area contributed by atoms with Gasteiger partial charge < -0.3 is 3.79 Å². The Hall–Kier alpha value is -3.77. The van der Waals surface area contributed by atoms with Crippen LogP contribution in [0.5, 0.6) is 5.75 Å². The van der Waals surface area contributed by atoms with Crippen LogP contribution in [0.4, 0.5) is 65.9 Å². The monoisotopic (exact) mass is 731 g/mol. The normalized spacial score (nSPS) is 12.0. The lowest BCUT2D eigenvalue weighted by Crippen LogP contribution is -2.79. The fourth-order valence-corrected chi connectivity index (χ4v) is 8.84. The molecule has 0 amide bonds. The molecular formula is C31H20AlBF15O-. The Labute approximate surface area is 272 Å². The minimum Gasteiger partial charge on any atom is -0.642 e. The van der Waals surface area contributed by atoms with E-state index in [1.807, 2.05) is 0 Å². The van der Waals surface area contributed by atoms with Crippen molar-refractivity contribution in [1.29, 1.82) is 0 Å². The summed E-state index contributed by atoms with van der Waals surface area (Å²) in [4.78, 5) is 0. The van der Waals surface area contributed by atoms with Gasteiger partial charge in [-0.3, -0.25) is 0 Å². The molecule has 0 N–H and O–H groups in total. The molecule has 0 unspecified atom stereocenters. The van der Waals surface area contributed by atoms with E-state index in [-0.39, 0.29) is 20.9 Å². The third-order valence-corrected chi connectivity index (χ3v) is 11.5. The minimum atomic E-state index is -5.85. The van der Waals surface area contributed by atoms with E-state index in [1.165, 1.54) is 0 Å². The molecule has 0 heterocycles. The molecule has 18 heteroatoms. The fraction of sp³-hybridized carbons (Fsp3) is 0.226. The van der Waals surface area contributed by atoms with E-state index in [0.29, 0.717) is 12.1 Å². The number of halogens is 15. The summed E-state index contributed by atoms with van der Waals surface area (Å²) in [5.41, 5.74) is -9.75. The topological polar surface area (TPSA) is 9.23 Å². The van der Waals surface area contributed by atoms with Gasteiger partial charge >= 0.3 is 14.5 Å². The van der Waals surface area contributed by atoms with Crippen LogP contribution < -0.4 is 25.6 Å². The highest BCUT2D eigenvalue weighted by Crippen LogP contribution is 2.31. The van der Waals surface area contributed by atoms with E-state index in [9.17, 15) is 39.5 Å². The summed E-state index contributed by atoms with van der Waals surface area (Å²) in [6, 6.07) is 1.77. The van der Waals surface area contributed by atoms with Crippen LogP contribution >= 0.6 is 0 Å². The number of hydrogen-bond acceptors (Lipinski definition) is 1. The summed E-state index contributed by atoms with van der Waals surface area (Å²) < 4.78 is 233. The van der Waals surface area contributed by atoms with Crippen molar-refractivity contribution >= 4 is 42.5 Å². The Morgan fingerprint density at radius 2 is 0.714 bits per heavy atom. The molecule has 0 bridgehead atoms. The van der Waals surface area contributed by atoms with Gasteiger partial charge in [-0.05, 0) is 28.1 Å². The Bertz CT molecular complexity index is 1740. The highest BCUT2D eigenvalue weighted by atomic mass is 27.2. The number of rotatable bonds is 8. The van der Waals surface area contributed by atoms with Gasteiger partial charge in [0.1, 0.15) is 41.0 Å². The van der Waals surface area contributed by atoms with Gasteiger partial charge in [-0.25, -0.2) is 65.9 Å². The standard InChI is InChI=1S/C25H7BF15O.2C3H7.Al/c1-5-4-6(2-3-7(5)42)26(8-11(27)17(33)23(39)18(34)12(8)28,9-13(29)19(35)24(40)20(36)14(9)30)10-15(31)21(37)25(41)22(38)16(10)32;2*1-3-2;/h2-4,42H,1H3;2*3H,1-2H3;/q-1;;;+1/p-1. The molecule has 4 rings (SSSR count). The van der Waals surface area contributed by atoms with E-state index >= 15 is 26.3 Å². The molecule has 0 atom stereocenters. The van der Waals surface area contributed by atoms with Gasteiger partial charge in [0.2, 0.25) is 0 Å². The number of aryl methyl sites for hydroxylation is 1. The average molecular weight is 731 g/mol. The molecule has 0 saturated heterocycles. The summed E-state index contributed by atoms with van der Waals surface area (Å²) >= 11 is -2.26. The van der Waals surface area contributed by atoms with Crippen LogP contribution in [0.25, 0.3) is 0 Å². The van der Waals surface area contributed by atoms with Crippen LogP contribution in [0.15, 0.2) is 18.2 Å². The van der Waals surface area contributed by atoms with Crippen molar-refractivity contribution in [1.82, 2.24) is 0 Å². The van der Waals surface area contributed by atoms with Gasteiger partial charge in [0, 0.05) is 0 Å². The molecule has 0 radical (unpaired) electrons. The average Bonchev–Trinajstić information content (AvgIpc) is 3.05. The summed E-state index contributed by atoms with van der Waals surface area (Å²) in [5.74, 6) is -45.8. The SMILES string of the molecule is Cc1cc([B-](c2c(F)c(F)c(F)c(F)c2F)(c2c(F)c(F)c(F)c(F)c2F)c2c(F)c(F)c(F)c(F)c2F)ccc1[O][Al]([CH](C)C)[CH](C)C. The molecule has 0 aliphatic rings. The van der Waals surface area contributed by atoms with Crippen LogP contribution in [0.1, 0.15) is 33.3 Å². The summed E-state index contributed by atoms with van der Waals surface area (Å²) in [6.07, 6.45) is -5.85. The molecule has 0 fully saturated rings. The van der Waals surface area contributed by atoms with Crippen LogP contribution in [-0.4, -0.2) is 20.6 Å². The first-order chi connectivity index (χ1) is 22.7. The van der Waals surface area contributed by atoms with E-state index < -0.39 is 130 Å². The van der Waals surface area contributed by atoms with Gasteiger partial charge in [0.05, 0.1) is 5.75 Å². The van der Waals surface area contributed by atoms with Crippen molar-refractivity contribution < 1.29 is 69.6 Å². The predicted molar refractivity (Wildman–Crippen MR) is 151 cm³/mol.